The molecule has 1 heterocycles. The van der Waals surface area contributed by atoms with Crippen LogP contribution < -0.4 is 5.32 Å². The van der Waals surface area contributed by atoms with Crippen LogP contribution in [0, 0.1) is 0 Å². The minimum Gasteiger partial charge on any atom is -0.314 e. The van der Waals surface area contributed by atoms with E-state index in [1.807, 2.05) is 11.7 Å². The molecule has 0 aromatic carbocycles. The maximum absolute atomic E-state index is 6.39. The predicted molar refractivity (Wildman–Crippen MR) is 82.9 cm³/mol. The van der Waals surface area contributed by atoms with Crippen molar-refractivity contribution in [3.05, 3.63) is 16.4 Å². The van der Waals surface area contributed by atoms with Gasteiger partial charge in [0.2, 0.25) is 0 Å². The van der Waals surface area contributed by atoms with Crippen LogP contribution in [0.4, 0.5) is 0 Å². The van der Waals surface area contributed by atoms with E-state index in [4.69, 9.17) is 11.6 Å². The molecule has 0 radical (unpaired) electrons. The minimum atomic E-state index is 0.598. The van der Waals surface area contributed by atoms with Crippen molar-refractivity contribution in [2.75, 3.05) is 6.54 Å². The molecule has 1 unspecified atom stereocenters. The molecule has 0 saturated heterocycles. The molecule has 1 N–H and O–H groups in total. The minimum absolute atomic E-state index is 0.598. The fourth-order valence-electron chi connectivity index (χ4n) is 2.45. The molecule has 19 heavy (non-hydrogen) atoms. The van der Waals surface area contributed by atoms with E-state index in [9.17, 15) is 0 Å². The van der Waals surface area contributed by atoms with Crippen molar-refractivity contribution < 1.29 is 0 Å². The summed E-state index contributed by atoms with van der Waals surface area (Å²) in [4.78, 5) is 0. The normalized spacial score (nSPS) is 12.9. The molecule has 1 atom stereocenters. The van der Waals surface area contributed by atoms with Gasteiger partial charge in [0.15, 0.2) is 0 Å². The molecule has 3 nitrogen and oxygen atoms in total. The van der Waals surface area contributed by atoms with Gasteiger partial charge < -0.3 is 5.32 Å². The number of hydrogen-bond acceptors (Lipinski definition) is 2. The second kappa shape index (κ2) is 8.60. The van der Waals surface area contributed by atoms with E-state index in [0.717, 1.165) is 36.5 Å². The second-order valence-corrected chi connectivity index (χ2v) is 5.54. The largest absolute Gasteiger partial charge is 0.314 e. The van der Waals surface area contributed by atoms with Crippen LogP contribution in [0.1, 0.15) is 57.8 Å². The van der Waals surface area contributed by atoms with Gasteiger partial charge in [0.05, 0.1) is 16.4 Å². The van der Waals surface area contributed by atoms with Gasteiger partial charge in [0, 0.05) is 13.1 Å². The lowest BCUT2D eigenvalue weighted by atomic mass is 10.0. The first-order valence-corrected chi connectivity index (χ1v) is 7.95. The molecule has 0 fully saturated rings. The van der Waals surface area contributed by atoms with Gasteiger partial charge in [0.25, 0.3) is 0 Å². The summed E-state index contributed by atoms with van der Waals surface area (Å²) >= 11 is 6.39. The fraction of sp³-hybridized carbons (Fsp3) is 0.800. The number of nitrogens with one attached hydrogen (secondary N) is 1. The molecule has 4 heteroatoms. The molecule has 0 saturated carbocycles. The second-order valence-electron chi connectivity index (χ2n) is 5.16. The van der Waals surface area contributed by atoms with Crippen molar-refractivity contribution >= 4 is 11.6 Å². The van der Waals surface area contributed by atoms with Gasteiger partial charge >= 0.3 is 0 Å². The summed E-state index contributed by atoms with van der Waals surface area (Å²) in [5.41, 5.74) is 2.20. The van der Waals surface area contributed by atoms with Crippen molar-refractivity contribution in [2.24, 2.45) is 7.05 Å². The molecule has 0 aliphatic carbocycles. The van der Waals surface area contributed by atoms with Gasteiger partial charge in [-0.2, -0.15) is 5.10 Å². The molecular weight excluding hydrogens is 258 g/mol. The molecule has 0 aliphatic heterocycles. The zero-order chi connectivity index (χ0) is 14.3. The van der Waals surface area contributed by atoms with E-state index < -0.39 is 0 Å². The van der Waals surface area contributed by atoms with E-state index in [1.165, 1.54) is 25.0 Å². The molecule has 0 aliphatic rings. The van der Waals surface area contributed by atoms with Crippen LogP contribution in [0.15, 0.2) is 0 Å². The van der Waals surface area contributed by atoms with E-state index >= 15 is 0 Å². The molecular formula is C15H28ClN3. The van der Waals surface area contributed by atoms with Crippen LogP contribution in [0.25, 0.3) is 0 Å². The number of hydrogen-bond donors (Lipinski definition) is 1. The maximum atomic E-state index is 6.39. The third-order valence-electron chi connectivity index (χ3n) is 3.55. The lowest BCUT2D eigenvalue weighted by Gasteiger charge is -2.17. The summed E-state index contributed by atoms with van der Waals surface area (Å²) in [5, 5.41) is 8.98. The molecule has 0 spiro atoms. The van der Waals surface area contributed by atoms with Gasteiger partial charge in [-0.05, 0) is 38.6 Å². The van der Waals surface area contributed by atoms with E-state index in [-0.39, 0.29) is 0 Å². The van der Waals surface area contributed by atoms with Crippen LogP contribution in [-0.2, 0) is 19.9 Å². The van der Waals surface area contributed by atoms with E-state index in [0.29, 0.717) is 6.04 Å². The highest BCUT2D eigenvalue weighted by molar-refractivity contribution is 6.31. The summed E-state index contributed by atoms with van der Waals surface area (Å²) in [7, 11) is 1.99. The Morgan fingerprint density at radius 3 is 2.47 bits per heavy atom. The number of aromatic nitrogens is 2. The maximum Gasteiger partial charge on any atom is 0.0849 e. The van der Waals surface area contributed by atoms with Crippen molar-refractivity contribution in [3.63, 3.8) is 0 Å². The van der Waals surface area contributed by atoms with Gasteiger partial charge in [-0.15, -0.1) is 0 Å². The quantitative estimate of drug-likeness (QED) is 0.749. The summed E-state index contributed by atoms with van der Waals surface area (Å²) < 4.78 is 1.95. The Balaban J connectivity index is 2.60. The standard InChI is InChI=1S/C15H28ClN3/c1-5-8-12(17-11-6-2)9-10-14-15(16)13(7-3)18-19(14)4/h12,17H,5-11H2,1-4H3. The number of aryl methyl sites for hydroxylation is 2. The first kappa shape index (κ1) is 16.5. The highest BCUT2D eigenvalue weighted by Crippen LogP contribution is 2.22. The Hall–Kier alpha value is -0.540. The smallest absolute Gasteiger partial charge is 0.0849 e. The Labute approximate surface area is 122 Å². The summed E-state index contributed by atoms with van der Waals surface area (Å²) in [5.74, 6) is 0. The van der Waals surface area contributed by atoms with Crippen LogP contribution in [-0.4, -0.2) is 22.4 Å². The van der Waals surface area contributed by atoms with Gasteiger partial charge in [-0.1, -0.05) is 38.8 Å². The van der Waals surface area contributed by atoms with E-state index in [1.54, 1.807) is 0 Å². The first-order chi connectivity index (χ1) is 9.13. The van der Waals surface area contributed by atoms with Crippen molar-refractivity contribution in [3.8, 4) is 0 Å². The van der Waals surface area contributed by atoms with Crippen LogP contribution in [0.3, 0.4) is 0 Å². The molecule has 1 aromatic rings. The Bertz CT molecular complexity index is 374. The molecule has 1 rings (SSSR count). The number of nitrogens with zero attached hydrogens (tertiary/aromatic N) is 2. The average molecular weight is 286 g/mol. The summed E-state index contributed by atoms with van der Waals surface area (Å²) in [6.07, 6.45) is 6.68. The summed E-state index contributed by atoms with van der Waals surface area (Å²) in [6, 6.07) is 0.598. The molecule has 0 amide bonds. The topological polar surface area (TPSA) is 29.9 Å². The van der Waals surface area contributed by atoms with Crippen molar-refractivity contribution in [1.29, 1.82) is 0 Å². The Kier molecular flexibility index (Phi) is 7.47. The average Bonchev–Trinajstić information content (AvgIpc) is 2.68. The highest BCUT2D eigenvalue weighted by Gasteiger charge is 2.15. The Morgan fingerprint density at radius 1 is 1.21 bits per heavy atom. The van der Waals surface area contributed by atoms with Crippen molar-refractivity contribution in [1.82, 2.24) is 15.1 Å². The molecule has 110 valence electrons. The molecule has 0 bridgehead atoms. The van der Waals surface area contributed by atoms with Crippen LogP contribution in [0.2, 0.25) is 5.02 Å². The van der Waals surface area contributed by atoms with E-state index in [2.05, 4.69) is 31.2 Å². The lowest BCUT2D eigenvalue weighted by Crippen LogP contribution is -2.30. The monoisotopic (exact) mass is 285 g/mol. The van der Waals surface area contributed by atoms with Crippen LogP contribution in [0.5, 0.6) is 0 Å². The third-order valence-corrected chi connectivity index (χ3v) is 3.99. The van der Waals surface area contributed by atoms with Gasteiger partial charge in [-0.3, -0.25) is 4.68 Å². The van der Waals surface area contributed by atoms with Gasteiger partial charge in [0.1, 0.15) is 0 Å². The fourth-order valence-corrected chi connectivity index (χ4v) is 2.84. The number of rotatable bonds is 9. The lowest BCUT2D eigenvalue weighted by molar-refractivity contribution is 0.444. The van der Waals surface area contributed by atoms with Crippen LogP contribution >= 0.6 is 11.6 Å². The zero-order valence-electron chi connectivity index (χ0n) is 12.8. The Morgan fingerprint density at radius 2 is 1.95 bits per heavy atom. The SMILES string of the molecule is CCCNC(CCC)CCc1c(Cl)c(CC)nn1C. The van der Waals surface area contributed by atoms with Crippen molar-refractivity contribution in [2.45, 2.75) is 65.3 Å². The zero-order valence-corrected chi connectivity index (χ0v) is 13.6. The third kappa shape index (κ3) is 4.81. The highest BCUT2D eigenvalue weighted by atomic mass is 35.5. The number of halogens is 1. The predicted octanol–water partition coefficient (Wildman–Crippen LogP) is 3.74. The summed E-state index contributed by atoms with van der Waals surface area (Å²) in [6.45, 7) is 7.65. The molecule has 1 aromatic heterocycles. The first-order valence-electron chi connectivity index (χ1n) is 7.57. The van der Waals surface area contributed by atoms with Gasteiger partial charge in [-0.25, -0.2) is 0 Å².